The molecule has 0 fully saturated rings. The average molecular weight is 360 g/mol. The number of nitrogens with zero attached hydrogens (tertiary/aromatic N) is 2. The third kappa shape index (κ3) is 5.16. The maximum absolute atomic E-state index is 12.6. The fourth-order valence-electron chi connectivity index (χ4n) is 2.02. The summed E-state index contributed by atoms with van der Waals surface area (Å²) in [5.41, 5.74) is 1.29. The van der Waals surface area contributed by atoms with Gasteiger partial charge in [-0.3, -0.25) is 14.7 Å². The van der Waals surface area contributed by atoms with E-state index in [0.29, 0.717) is 16.4 Å². The van der Waals surface area contributed by atoms with E-state index in [-0.39, 0.29) is 28.8 Å². The number of anilines is 1. The molecular weight excluding hydrogens is 336 g/mol. The minimum Gasteiger partial charge on any atom is -0.326 e. The van der Waals surface area contributed by atoms with Crippen molar-refractivity contribution in [2.45, 2.75) is 50.9 Å². The van der Waals surface area contributed by atoms with E-state index in [1.807, 2.05) is 34.6 Å². The normalized spacial score (nSPS) is 12.4. The number of ketones is 1. The second kappa shape index (κ2) is 8.29. The number of aromatic nitrogens is 3. The summed E-state index contributed by atoms with van der Waals surface area (Å²) < 4.78 is 0. The summed E-state index contributed by atoms with van der Waals surface area (Å²) in [6.45, 7) is 9.57. The van der Waals surface area contributed by atoms with E-state index < -0.39 is 0 Å². The molecule has 0 bridgehead atoms. The molecule has 1 unspecified atom stereocenters. The highest BCUT2D eigenvalue weighted by Crippen LogP contribution is 2.24. The number of rotatable bonds is 7. The van der Waals surface area contributed by atoms with Gasteiger partial charge in [0.2, 0.25) is 11.1 Å². The summed E-state index contributed by atoms with van der Waals surface area (Å²) in [7, 11) is 0. The molecule has 7 heteroatoms. The van der Waals surface area contributed by atoms with Gasteiger partial charge in [-0.2, -0.15) is 0 Å². The molecule has 6 nitrogen and oxygen atoms in total. The van der Waals surface area contributed by atoms with Crippen LogP contribution in [-0.4, -0.2) is 32.1 Å². The van der Waals surface area contributed by atoms with Crippen LogP contribution in [0.25, 0.3) is 0 Å². The summed E-state index contributed by atoms with van der Waals surface area (Å²) in [6.07, 6.45) is 0. The topological polar surface area (TPSA) is 87.7 Å². The van der Waals surface area contributed by atoms with Crippen LogP contribution >= 0.6 is 11.8 Å². The molecule has 0 saturated heterocycles. The Hall–Kier alpha value is -2.15. The van der Waals surface area contributed by atoms with Crippen molar-refractivity contribution in [3.05, 3.63) is 35.7 Å². The minimum atomic E-state index is -0.299. The molecule has 0 aliphatic heterocycles. The number of carbonyl (C=O) groups is 2. The van der Waals surface area contributed by atoms with Crippen molar-refractivity contribution in [3.8, 4) is 0 Å². The van der Waals surface area contributed by atoms with Gasteiger partial charge in [0.15, 0.2) is 5.78 Å². The molecule has 1 amide bonds. The van der Waals surface area contributed by atoms with Gasteiger partial charge in [0, 0.05) is 23.1 Å². The first kappa shape index (κ1) is 19.2. The molecule has 134 valence electrons. The number of hydrogen-bond donors (Lipinski definition) is 2. The summed E-state index contributed by atoms with van der Waals surface area (Å²) in [4.78, 5) is 28.6. The molecule has 0 radical (unpaired) electrons. The Morgan fingerprint density at radius 2 is 1.72 bits per heavy atom. The van der Waals surface area contributed by atoms with Crippen molar-refractivity contribution in [1.82, 2.24) is 15.2 Å². The highest BCUT2D eigenvalue weighted by Gasteiger charge is 2.19. The standard InChI is InChI=1S/C18H24N4O2S/c1-10(2)16-20-18(22-21-16)25-12(5)15(23)13-6-8-14(9-7-13)19-17(24)11(3)4/h6-12H,1-5H3,(H,19,24)(H,20,21,22). The zero-order valence-corrected chi connectivity index (χ0v) is 16.0. The quantitative estimate of drug-likeness (QED) is 0.578. The SMILES string of the molecule is CC(C)C(=O)Nc1ccc(C(=O)C(C)Sc2n[nH]c(C(C)C)n2)cc1. The van der Waals surface area contributed by atoms with Crippen LogP contribution in [0, 0.1) is 5.92 Å². The summed E-state index contributed by atoms with van der Waals surface area (Å²) in [5, 5.41) is 10.1. The molecule has 0 aliphatic carbocycles. The number of aromatic amines is 1. The highest BCUT2D eigenvalue weighted by molar-refractivity contribution is 8.00. The lowest BCUT2D eigenvalue weighted by molar-refractivity contribution is -0.118. The first-order chi connectivity index (χ1) is 11.8. The minimum absolute atomic E-state index is 0.00244. The van der Waals surface area contributed by atoms with E-state index in [1.165, 1.54) is 11.8 Å². The van der Waals surface area contributed by atoms with Gasteiger partial charge in [0.05, 0.1) is 5.25 Å². The lowest BCUT2D eigenvalue weighted by atomic mass is 10.1. The van der Waals surface area contributed by atoms with Crippen LogP contribution < -0.4 is 5.32 Å². The first-order valence-electron chi connectivity index (χ1n) is 8.32. The van der Waals surface area contributed by atoms with Gasteiger partial charge in [0.1, 0.15) is 5.82 Å². The van der Waals surface area contributed by atoms with Gasteiger partial charge >= 0.3 is 0 Å². The number of Topliss-reactive ketones (excluding diaryl/α,β-unsaturated/α-hetero) is 1. The van der Waals surface area contributed by atoms with Gasteiger partial charge in [-0.15, -0.1) is 5.10 Å². The molecule has 2 N–H and O–H groups in total. The van der Waals surface area contributed by atoms with Crippen LogP contribution in [0.2, 0.25) is 0 Å². The Morgan fingerprint density at radius 3 is 2.24 bits per heavy atom. The fourth-order valence-corrected chi connectivity index (χ4v) is 2.83. The molecule has 1 atom stereocenters. The number of benzene rings is 1. The summed E-state index contributed by atoms with van der Waals surface area (Å²) in [6, 6.07) is 6.95. The Balaban J connectivity index is 2.00. The van der Waals surface area contributed by atoms with Crippen LogP contribution in [0.4, 0.5) is 5.69 Å². The predicted molar refractivity (Wildman–Crippen MR) is 100 cm³/mol. The van der Waals surface area contributed by atoms with E-state index in [2.05, 4.69) is 20.5 Å². The van der Waals surface area contributed by atoms with Crippen molar-refractivity contribution >= 4 is 29.1 Å². The maximum Gasteiger partial charge on any atom is 0.226 e. The molecule has 25 heavy (non-hydrogen) atoms. The summed E-state index contributed by atoms with van der Waals surface area (Å²) in [5.74, 6) is 0.944. The van der Waals surface area contributed by atoms with Crippen molar-refractivity contribution in [3.63, 3.8) is 0 Å². The molecule has 0 spiro atoms. The zero-order valence-electron chi connectivity index (χ0n) is 15.2. The van der Waals surface area contributed by atoms with Gasteiger partial charge < -0.3 is 5.32 Å². The lowest BCUT2D eigenvalue weighted by Gasteiger charge is -2.10. The molecule has 2 rings (SSSR count). The Morgan fingerprint density at radius 1 is 1.08 bits per heavy atom. The molecule has 1 aromatic heterocycles. The Labute approximate surface area is 152 Å². The third-order valence-corrected chi connectivity index (χ3v) is 4.60. The van der Waals surface area contributed by atoms with Crippen LogP contribution in [0.3, 0.4) is 0 Å². The van der Waals surface area contributed by atoms with Gasteiger partial charge in [-0.1, -0.05) is 39.5 Å². The smallest absolute Gasteiger partial charge is 0.226 e. The second-order valence-electron chi connectivity index (χ2n) is 6.50. The van der Waals surface area contributed by atoms with E-state index >= 15 is 0 Å². The molecule has 2 aromatic rings. The van der Waals surface area contributed by atoms with Crippen molar-refractivity contribution < 1.29 is 9.59 Å². The number of carbonyl (C=O) groups excluding carboxylic acids is 2. The average Bonchev–Trinajstić information content (AvgIpc) is 3.03. The number of hydrogen-bond acceptors (Lipinski definition) is 5. The molecule has 1 heterocycles. The zero-order chi connectivity index (χ0) is 18.6. The predicted octanol–water partition coefficient (Wildman–Crippen LogP) is 3.89. The fraction of sp³-hybridized carbons (Fsp3) is 0.444. The number of amides is 1. The van der Waals surface area contributed by atoms with Crippen LogP contribution in [0.15, 0.2) is 29.4 Å². The van der Waals surface area contributed by atoms with Gasteiger partial charge in [0.25, 0.3) is 0 Å². The van der Waals surface area contributed by atoms with E-state index in [4.69, 9.17) is 0 Å². The van der Waals surface area contributed by atoms with Crippen molar-refractivity contribution in [2.24, 2.45) is 5.92 Å². The van der Waals surface area contributed by atoms with E-state index in [9.17, 15) is 9.59 Å². The Kier molecular flexibility index (Phi) is 6.36. The number of H-pyrrole nitrogens is 1. The largest absolute Gasteiger partial charge is 0.326 e. The number of nitrogens with one attached hydrogen (secondary N) is 2. The van der Waals surface area contributed by atoms with Crippen LogP contribution in [0.5, 0.6) is 0 Å². The van der Waals surface area contributed by atoms with Crippen molar-refractivity contribution in [1.29, 1.82) is 0 Å². The molecule has 0 aliphatic rings. The maximum atomic E-state index is 12.6. The summed E-state index contributed by atoms with van der Waals surface area (Å²) >= 11 is 1.33. The monoisotopic (exact) mass is 360 g/mol. The second-order valence-corrected chi connectivity index (χ2v) is 7.81. The van der Waals surface area contributed by atoms with Gasteiger partial charge in [-0.25, -0.2) is 4.98 Å². The lowest BCUT2D eigenvalue weighted by Crippen LogP contribution is -2.18. The Bertz CT molecular complexity index is 738. The molecule has 1 aromatic carbocycles. The van der Waals surface area contributed by atoms with Crippen LogP contribution in [0.1, 0.15) is 56.7 Å². The first-order valence-corrected chi connectivity index (χ1v) is 9.20. The molecule has 0 saturated carbocycles. The highest BCUT2D eigenvalue weighted by atomic mass is 32.2. The number of thioether (sulfide) groups is 1. The van der Waals surface area contributed by atoms with E-state index in [0.717, 1.165) is 5.82 Å². The molecular formula is C18H24N4O2S. The van der Waals surface area contributed by atoms with Crippen molar-refractivity contribution in [2.75, 3.05) is 5.32 Å². The third-order valence-electron chi connectivity index (χ3n) is 3.64. The van der Waals surface area contributed by atoms with E-state index in [1.54, 1.807) is 24.3 Å². The van der Waals surface area contributed by atoms with Gasteiger partial charge in [-0.05, 0) is 31.2 Å². The van der Waals surface area contributed by atoms with Crippen LogP contribution in [-0.2, 0) is 4.79 Å².